The summed E-state index contributed by atoms with van der Waals surface area (Å²) in [5.41, 5.74) is -0.491. The van der Waals surface area contributed by atoms with Gasteiger partial charge >= 0.3 is 0 Å². The van der Waals surface area contributed by atoms with Crippen molar-refractivity contribution in [3.63, 3.8) is 0 Å². The van der Waals surface area contributed by atoms with Crippen LogP contribution in [0.2, 0.25) is 5.02 Å². The molecular weight excluding hydrogens is 310 g/mol. The minimum atomic E-state index is -3.95. The van der Waals surface area contributed by atoms with Gasteiger partial charge in [-0.2, -0.15) is 0 Å². The van der Waals surface area contributed by atoms with E-state index in [-0.39, 0.29) is 28.8 Å². The molecule has 1 heterocycles. The van der Waals surface area contributed by atoms with Crippen LogP contribution in [0.5, 0.6) is 0 Å². The Morgan fingerprint density at radius 3 is 2.70 bits per heavy atom. The highest BCUT2D eigenvalue weighted by molar-refractivity contribution is 7.89. The maximum atomic E-state index is 12.1. The second-order valence-electron chi connectivity index (χ2n) is 4.20. The molecular formula is C10H10ClN3O5S. The lowest BCUT2D eigenvalue weighted by molar-refractivity contribution is -0.384. The molecule has 1 saturated heterocycles. The van der Waals surface area contributed by atoms with Gasteiger partial charge < -0.3 is 5.32 Å². The summed E-state index contributed by atoms with van der Waals surface area (Å²) in [6.45, 7) is 0.188. The molecule has 1 aromatic rings. The van der Waals surface area contributed by atoms with Gasteiger partial charge in [-0.05, 0) is 12.1 Å². The molecule has 0 aliphatic carbocycles. The van der Waals surface area contributed by atoms with Crippen LogP contribution in [0.4, 0.5) is 5.69 Å². The van der Waals surface area contributed by atoms with E-state index in [1.54, 1.807) is 0 Å². The number of amides is 1. The maximum Gasteiger partial charge on any atom is 0.289 e. The predicted octanol–water partition coefficient (Wildman–Crippen LogP) is 0.415. The van der Waals surface area contributed by atoms with E-state index >= 15 is 0 Å². The van der Waals surface area contributed by atoms with Crippen LogP contribution in [-0.4, -0.2) is 31.8 Å². The molecule has 1 aliphatic rings. The first kappa shape index (κ1) is 14.7. The van der Waals surface area contributed by atoms with Gasteiger partial charge in [0.1, 0.15) is 5.02 Å². The summed E-state index contributed by atoms with van der Waals surface area (Å²) >= 11 is 5.62. The molecule has 0 radical (unpaired) electrons. The number of nitrogens with zero attached hydrogens (tertiary/aromatic N) is 1. The summed E-state index contributed by atoms with van der Waals surface area (Å²) in [5, 5.41) is 13.1. The number of carbonyl (C=O) groups is 1. The SMILES string of the molecule is O=C1CC(NS(=O)(=O)c2ccc(Cl)c([N+](=O)[O-])c2)CN1. The molecule has 0 saturated carbocycles. The van der Waals surface area contributed by atoms with Crippen LogP contribution in [0.1, 0.15) is 6.42 Å². The summed E-state index contributed by atoms with van der Waals surface area (Å²) in [7, 11) is -3.95. The molecule has 0 bridgehead atoms. The third-order valence-electron chi connectivity index (χ3n) is 2.72. The van der Waals surface area contributed by atoms with Gasteiger partial charge in [-0.1, -0.05) is 11.6 Å². The largest absolute Gasteiger partial charge is 0.354 e. The van der Waals surface area contributed by atoms with E-state index in [2.05, 4.69) is 10.0 Å². The van der Waals surface area contributed by atoms with Gasteiger partial charge in [-0.3, -0.25) is 14.9 Å². The Kier molecular flexibility index (Phi) is 3.93. The molecule has 1 atom stereocenters. The second-order valence-corrected chi connectivity index (χ2v) is 6.32. The summed E-state index contributed by atoms with van der Waals surface area (Å²) in [4.78, 5) is 20.7. The fraction of sp³-hybridized carbons (Fsp3) is 0.300. The standard InChI is InChI=1S/C10H10ClN3O5S/c11-8-2-1-7(4-9(8)14(16)17)20(18,19)13-6-3-10(15)12-5-6/h1-2,4,6,13H,3,5H2,(H,12,15). The summed E-state index contributed by atoms with van der Waals surface area (Å²) in [6.07, 6.45) is 0.0366. The number of benzene rings is 1. The van der Waals surface area contributed by atoms with E-state index in [0.717, 1.165) is 12.1 Å². The van der Waals surface area contributed by atoms with Gasteiger partial charge in [0.15, 0.2) is 0 Å². The Labute approximate surface area is 119 Å². The molecule has 0 aromatic heterocycles. The van der Waals surface area contributed by atoms with Crippen molar-refractivity contribution in [2.75, 3.05) is 6.54 Å². The molecule has 2 rings (SSSR count). The monoisotopic (exact) mass is 319 g/mol. The first-order chi connectivity index (χ1) is 9.29. The molecule has 1 aliphatic heterocycles. The van der Waals surface area contributed by atoms with E-state index in [1.165, 1.54) is 6.07 Å². The number of halogens is 1. The molecule has 8 nitrogen and oxygen atoms in total. The molecule has 1 unspecified atom stereocenters. The zero-order valence-electron chi connectivity index (χ0n) is 10.00. The van der Waals surface area contributed by atoms with E-state index < -0.39 is 26.7 Å². The lowest BCUT2D eigenvalue weighted by atomic mass is 10.3. The predicted molar refractivity (Wildman–Crippen MR) is 69.8 cm³/mol. The van der Waals surface area contributed by atoms with Crippen molar-refractivity contribution in [2.24, 2.45) is 0 Å². The smallest absolute Gasteiger partial charge is 0.289 e. The van der Waals surface area contributed by atoms with Gasteiger partial charge in [0, 0.05) is 25.1 Å². The molecule has 0 spiro atoms. The average molecular weight is 320 g/mol. The van der Waals surface area contributed by atoms with Crippen molar-refractivity contribution in [3.05, 3.63) is 33.3 Å². The number of carbonyl (C=O) groups excluding carboxylic acids is 1. The highest BCUT2D eigenvalue weighted by Gasteiger charge is 2.28. The number of rotatable bonds is 4. The average Bonchev–Trinajstić information content (AvgIpc) is 2.73. The zero-order chi connectivity index (χ0) is 14.9. The fourth-order valence-corrected chi connectivity index (χ4v) is 3.22. The Morgan fingerprint density at radius 1 is 1.45 bits per heavy atom. The number of sulfonamides is 1. The van der Waals surface area contributed by atoms with Crippen molar-refractivity contribution in [1.29, 1.82) is 0 Å². The molecule has 2 N–H and O–H groups in total. The third-order valence-corrected chi connectivity index (χ3v) is 4.56. The highest BCUT2D eigenvalue weighted by Crippen LogP contribution is 2.27. The lowest BCUT2D eigenvalue weighted by Gasteiger charge is -2.11. The van der Waals surface area contributed by atoms with Crippen molar-refractivity contribution in [3.8, 4) is 0 Å². The van der Waals surface area contributed by atoms with Crippen LogP contribution in [-0.2, 0) is 14.8 Å². The van der Waals surface area contributed by atoms with Crippen LogP contribution >= 0.6 is 11.6 Å². The topological polar surface area (TPSA) is 118 Å². The van der Waals surface area contributed by atoms with E-state index in [0.29, 0.717) is 0 Å². The van der Waals surface area contributed by atoms with Gasteiger partial charge in [0.25, 0.3) is 5.69 Å². The quantitative estimate of drug-likeness (QED) is 0.615. The lowest BCUT2D eigenvalue weighted by Crippen LogP contribution is -2.36. The Morgan fingerprint density at radius 2 is 2.15 bits per heavy atom. The van der Waals surface area contributed by atoms with Crippen LogP contribution in [0.15, 0.2) is 23.1 Å². The number of hydrogen-bond donors (Lipinski definition) is 2. The Balaban J connectivity index is 2.27. The summed E-state index contributed by atoms with van der Waals surface area (Å²) in [5.74, 6) is -0.250. The van der Waals surface area contributed by atoms with Gasteiger partial charge in [0.05, 0.1) is 9.82 Å². The fourth-order valence-electron chi connectivity index (χ4n) is 1.78. The maximum absolute atomic E-state index is 12.1. The molecule has 1 fully saturated rings. The zero-order valence-corrected chi connectivity index (χ0v) is 11.6. The normalized spacial score (nSPS) is 18.9. The first-order valence-electron chi connectivity index (χ1n) is 5.52. The van der Waals surface area contributed by atoms with Crippen molar-refractivity contribution >= 4 is 33.2 Å². The van der Waals surface area contributed by atoms with Crippen molar-refractivity contribution < 1.29 is 18.1 Å². The Hall–Kier alpha value is -1.71. The van der Waals surface area contributed by atoms with Crippen LogP contribution in [0, 0.1) is 10.1 Å². The summed E-state index contributed by atoms with van der Waals surface area (Å²) in [6, 6.07) is 2.63. The number of nitro benzene ring substituents is 1. The first-order valence-corrected chi connectivity index (χ1v) is 7.38. The van der Waals surface area contributed by atoms with Crippen LogP contribution < -0.4 is 10.0 Å². The Bertz CT molecular complexity index is 675. The number of hydrogen-bond acceptors (Lipinski definition) is 5. The summed E-state index contributed by atoms with van der Waals surface area (Å²) < 4.78 is 26.4. The van der Waals surface area contributed by atoms with E-state index in [4.69, 9.17) is 11.6 Å². The van der Waals surface area contributed by atoms with E-state index in [9.17, 15) is 23.3 Å². The van der Waals surface area contributed by atoms with Gasteiger partial charge in [0.2, 0.25) is 15.9 Å². The van der Waals surface area contributed by atoms with Crippen molar-refractivity contribution in [1.82, 2.24) is 10.0 Å². The van der Waals surface area contributed by atoms with Crippen LogP contribution in [0.3, 0.4) is 0 Å². The highest BCUT2D eigenvalue weighted by atomic mass is 35.5. The molecule has 1 amide bonds. The third kappa shape index (κ3) is 3.06. The molecule has 10 heteroatoms. The molecule has 1 aromatic carbocycles. The second kappa shape index (κ2) is 5.35. The minimum absolute atomic E-state index is 0.0366. The number of nitro groups is 1. The molecule has 108 valence electrons. The van der Waals surface area contributed by atoms with Crippen molar-refractivity contribution in [2.45, 2.75) is 17.4 Å². The van der Waals surface area contributed by atoms with Gasteiger partial charge in [-0.15, -0.1) is 0 Å². The number of nitrogens with one attached hydrogen (secondary N) is 2. The van der Waals surface area contributed by atoms with E-state index in [1.807, 2.05) is 0 Å². The van der Waals surface area contributed by atoms with Gasteiger partial charge in [-0.25, -0.2) is 13.1 Å². The molecule has 20 heavy (non-hydrogen) atoms. The minimum Gasteiger partial charge on any atom is -0.354 e. The van der Waals surface area contributed by atoms with Crippen LogP contribution in [0.25, 0.3) is 0 Å².